The first-order chi connectivity index (χ1) is 10.9. The van der Waals surface area contributed by atoms with Crippen molar-refractivity contribution in [2.75, 3.05) is 0 Å². The van der Waals surface area contributed by atoms with Gasteiger partial charge in [-0.1, -0.05) is 76.3 Å². The number of hydrogen-bond acceptors (Lipinski definition) is 3. The van der Waals surface area contributed by atoms with E-state index in [1.807, 2.05) is 0 Å². The standard InChI is InChI=1S/C11H21O3.2C4H9.Al/c1-3-4-5-6-7-11-13-9(2)8-10(12)14-11;2*1-4(2)3;/h9-11H,3-8H2,1-2H3;2*4H,1H2,2-3H3;/q-1;;;+1/t9-,10-,11-;;;/m0.../s1. The minimum absolute atomic E-state index is 0.0379. The predicted octanol–water partition coefficient (Wildman–Crippen LogP) is 5.75. The molecule has 1 heterocycles. The summed E-state index contributed by atoms with van der Waals surface area (Å²) in [5, 5.41) is 2.49. The summed E-state index contributed by atoms with van der Waals surface area (Å²) >= 11 is -1.20. The second kappa shape index (κ2) is 11.9. The van der Waals surface area contributed by atoms with Gasteiger partial charge < -0.3 is 13.3 Å². The normalized spacial score (nSPS) is 25.3. The Morgan fingerprint density at radius 2 is 1.65 bits per heavy atom. The Labute approximate surface area is 149 Å². The molecule has 0 radical (unpaired) electrons. The second-order valence-electron chi connectivity index (χ2n) is 8.04. The SMILES string of the molecule is CCCCCC[C@@H]1O[C@H]([O][Al]([CH2]C(C)C)[CH2]C(C)C)C[C@H](C)O1. The van der Waals surface area contributed by atoms with E-state index >= 15 is 0 Å². The first-order valence-electron chi connectivity index (χ1n) is 9.87. The lowest BCUT2D eigenvalue weighted by molar-refractivity contribution is -0.285. The molecule has 23 heavy (non-hydrogen) atoms. The largest absolute Gasteiger partial charge is 0.477 e. The Morgan fingerprint density at radius 3 is 2.22 bits per heavy atom. The van der Waals surface area contributed by atoms with Crippen molar-refractivity contribution in [1.82, 2.24) is 0 Å². The average Bonchev–Trinajstić information content (AvgIpc) is 2.41. The van der Waals surface area contributed by atoms with E-state index in [1.165, 1.54) is 36.2 Å². The Hall–Kier alpha value is 0.412. The maximum absolute atomic E-state index is 6.48. The fraction of sp³-hybridized carbons (Fsp3) is 1.00. The highest BCUT2D eigenvalue weighted by Gasteiger charge is 2.32. The molecule has 3 atom stereocenters. The summed E-state index contributed by atoms with van der Waals surface area (Å²) in [5.41, 5.74) is 0. The Morgan fingerprint density at radius 1 is 1.00 bits per heavy atom. The van der Waals surface area contributed by atoms with E-state index in [4.69, 9.17) is 13.3 Å². The van der Waals surface area contributed by atoms with Crippen molar-refractivity contribution in [3.05, 3.63) is 0 Å². The van der Waals surface area contributed by atoms with Crippen LogP contribution in [0.5, 0.6) is 0 Å². The van der Waals surface area contributed by atoms with Gasteiger partial charge in [-0.2, -0.15) is 0 Å². The molecule has 0 N–H and O–H groups in total. The number of unbranched alkanes of at least 4 members (excludes halogenated alkanes) is 3. The summed E-state index contributed by atoms with van der Waals surface area (Å²) in [6.45, 7) is 13.6. The van der Waals surface area contributed by atoms with Crippen molar-refractivity contribution in [1.29, 1.82) is 0 Å². The van der Waals surface area contributed by atoms with Crippen LogP contribution in [0.4, 0.5) is 0 Å². The summed E-state index contributed by atoms with van der Waals surface area (Å²) in [6.07, 6.45) is 7.08. The third-order valence-electron chi connectivity index (χ3n) is 4.32. The third kappa shape index (κ3) is 10.1. The molecular weight excluding hydrogens is 303 g/mol. The van der Waals surface area contributed by atoms with Gasteiger partial charge in [0.1, 0.15) is 6.29 Å². The summed E-state index contributed by atoms with van der Waals surface area (Å²) in [5.74, 6) is 1.43. The topological polar surface area (TPSA) is 27.7 Å². The average molecular weight is 343 g/mol. The first-order valence-corrected chi connectivity index (χ1v) is 12.0. The van der Waals surface area contributed by atoms with Gasteiger partial charge in [0.25, 0.3) is 0 Å². The molecular formula is C19H39AlO3. The number of hydrogen-bond donors (Lipinski definition) is 0. The molecule has 136 valence electrons. The van der Waals surface area contributed by atoms with Crippen LogP contribution < -0.4 is 0 Å². The van der Waals surface area contributed by atoms with Crippen molar-refractivity contribution < 1.29 is 13.3 Å². The molecule has 0 saturated carbocycles. The molecule has 1 fully saturated rings. The molecule has 3 nitrogen and oxygen atoms in total. The van der Waals surface area contributed by atoms with E-state index < -0.39 is 14.5 Å². The number of rotatable bonds is 11. The quantitative estimate of drug-likeness (QED) is 0.353. The van der Waals surface area contributed by atoms with E-state index in [-0.39, 0.29) is 18.7 Å². The van der Waals surface area contributed by atoms with Crippen LogP contribution in [0, 0.1) is 11.8 Å². The molecule has 0 spiro atoms. The zero-order valence-corrected chi connectivity index (χ0v) is 17.5. The molecule has 1 saturated heterocycles. The maximum atomic E-state index is 6.48. The van der Waals surface area contributed by atoms with Gasteiger partial charge in [0.15, 0.2) is 6.29 Å². The minimum atomic E-state index is -1.20. The third-order valence-corrected chi connectivity index (χ3v) is 7.94. The van der Waals surface area contributed by atoms with Crippen LogP contribution in [0.25, 0.3) is 0 Å². The highest BCUT2D eigenvalue weighted by Crippen LogP contribution is 2.26. The van der Waals surface area contributed by atoms with Crippen molar-refractivity contribution >= 4 is 14.5 Å². The van der Waals surface area contributed by atoms with Crippen LogP contribution in [0.15, 0.2) is 0 Å². The molecule has 1 aliphatic heterocycles. The summed E-state index contributed by atoms with van der Waals surface area (Å²) < 4.78 is 18.6. The zero-order chi connectivity index (χ0) is 17.2. The Balaban J connectivity index is 2.45. The number of ether oxygens (including phenoxy) is 2. The zero-order valence-electron chi connectivity index (χ0n) is 16.3. The van der Waals surface area contributed by atoms with Gasteiger partial charge in [0, 0.05) is 6.42 Å². The van der Waals surface area contributed by atoms with E-state index in [2.05, 4.69) is 41.5 Å². The van der Waals surface area contributed by atoms with Gasteiger partial charge in [-0.05, 0) is 19.8 Å². The first kappa shape index (κ1) is 21.5. The van der Waals surface area contributed by atoms with E-state index in [1.54, 1.807) is 0 Å². The van der Waals surface area contributed by atoms with Gasteiger partial charge >= 0.3 is 14.5 Å². The van der Waals surface area contributed by atoms with Gasteiger partial charge in [-0.15, -0.1) is 0 Å². The molecule has 1 rings (SSSR count). The lowest BCUT2D eigenvalue weighted by Crippen LogP contribution is -2.41. The summed E-state index contributed by atoms with van der Waals surface area (Å²) in [7, 11) is 0. The highest BCUT2D eigenvalue weighted by molar-refractivity contribution is 6.52. The van der Waals surface area contributed by atoms with Gasteiger partial charge in [-0.25, -0.2) is 0 Å². The maximum Gasteiger partial charge on any atom is 0.463 e. The lowest BCUT2D eigenvalue weighted by Gasteiger charge is -2.36. The molecule has 0 bridgehead atoms. The van der Waals surface area contributed by atoms with Crippen LogP contribution in [0.3, 0.4) is 0 Å². The van der Waals surface area contributed by atoms with Gasteiger partial charge in [-0.3, -0.25) is 0 Å². The molecule has 0 aliphatic carbocycles. The molecule has 0 unspecified atom stereocenters. The van der Waals surface area contributed by atoms with Crippen molar-refractivity contribution in [3.8, 4) is 0 Å². The molecule has 0 aromatic heterocycles. The Kier molecular flexibility index (Phi) is 11.1. The van der Waals surface area contributed by atoms with Crippen molar-refractivity contribution in [2.24, 2.45) is 11.8 Å². The summed E-state index contributed by atoms with van der Waals surface area (Å²) in [4.78, 5) is 0. The Bertz CT molecular complexity index is 286. The predicted molar refractivity (Wildman–Crippen MR) is 98.7 cm³/mol. The molecule has 0 aromatic carbocycles. The van der Waals surface area contributed by atoms with Gasteiger partial charge in [0.05, 0.1) is 6.10 Å². The molecule has 4 heteroatoms. The van der Waals surface area contributed by atoms with E-state index in [0.29, 0.717) is 11.8 Å². The smallest absolute Gasteiger partial charge is 0.463 e. The minimum Gasteiger partial charge on any atom is -0.477 e. The van der Waals surface area contributed by atoms with Crippen LogP contribution in [-0.4, -0.2) is 33.2 Å². The molecule has 1 aliphatic rings. The fourth-order valence-electron chi connectivity index (χ4n) is 3.28. The summed E-state index contributed by atoms with van der Waals surface area (Å²) in [6, 6.07) is 0. The second-order valence-corrected chi connectivity index (χ2v) is 10.5. The van der Waals surface area contributed by atoms with Crippen molar-refractivity contribution in [2.45, 2.75) is 109 Å². The van der Waals surface area contributed by atoms with E-state index in [9.17, 15) is 0 Å². The molecule has 0 aromatic rings. The fourth-order valence-corrected chi connectivity index (χ4v) is 6.40. The van der Waals surface area contributed by atoms with Crippen molar-refractivity contribution in [3.63, 3.8) is 0 Å². The lowest BCUT2D eigenvalue weighted by atomic mass is 10.1. The molecule has 0 amide bonds. The highest BCUT2D eigenvalue weighted by atomic mass is 27.2. The van der Waals surface area contributed by atoms with Crippen LogP contribution in [0.2, 0.25) is 10.6 Å². The van der Waals surface area contributed by atoms with Crippen LogP contribution in [0.1, 0.15) is 80.1 Å². The monoisotopic (exact) mass is 342 g/mol. The van der Waals surface area contributed by atoms with Gasteiger partial charge in [0.2, 0.25) is 0 Å². The van der Waals surface area contributed by atoms with Crippen LogP contribution >= 0.6 is 0 Å². The van der Waals surface area contributed by atoms with E-state index in [0.717, 1.165) is 12.8 Å². The van der Waals surface area contributed by atoms with Crippen LogP contribution in [-0.2, 0) is 13.3 Å².